The van der Waals surface area contributed by atoms with Gasteiger partial charge in [0.25, 0.3) is 0 Å². The van der Waals surface area contributed by atoms with E-state index in [0.717, 1.165) is 6.54 Å². The zero-order valence-corrected chi connectivity index (χ0v) is 12.1. The van der Waals surface area contributed by atoms with E-state index in [1.807, 2.05) is 0 Å². The molecule has 2 atom stereocenters. The standard InChI is InChI=1S/C15H27NO3/c1-11-4-3-9-16(12(11)2)10-15(19)7-5-13(6-8-15)14(17)18/h11-13,19H,3-10H2,1-2H3,(H,17,18). The SMILES string of the molecule is CC1CCCN(CC2(O)CCC(C(=O)O)CC2)C1C. The summed E-state index contributed by atoms with van der Waals surface area (Å²) in [5.41, 5.74) is -0.669. The first-order chi connectivity index (χ1) is 8.91. The van der Waals surface area contributed by atoms with Crippen LogP contribution >= 0.6 is 0 Å². The molecule has 1 heterocycles. The van der Waals surface area contributed by atoms with Gasteiger partial charge in [0.15, 0.2) is 0 Å². The maximum Gasteiger partial charge on any atom is 0.306 e. The van der Waals surface area contributed by atoms with Crippen LogP contribution in [-0.2, 0) is 4.79 Å². The molecule has 0 aromatic rings. The molecule has 1 aliphatic carbocycles. The molecular weight excluding hydrogens is 242 g/mol. The van der Waals surface area contributed by atoms with E-state index in [4.69, 9.17) is 5.11 Å². The first-order valence-corrected chi connectivity index (χ1v) is 7.60. The molecular formula is C15H27NO3. The molecule has 1 saturated heterocycles. The van der Waals surface area contributed by atoms with Gasteiger partial charge in [-0.3, -0.25) is 9.69 Å². The summed E-state index contributed by atoms with van der Waals surface area (Å²) in [6.45, 7) is 6.30. The second kappa shape index (κ2) is 5.80. The molecule has 0 amide bonds. The molecule has 2 rings (SSSR count). The van der Waals surface area contributed by atoms with Crippen LogP contribution in [0.4, 0.5) is 0 Å². The van der Waals surface area contributed by atoms with Crippen molar-refractivity contribution in [3.63, 3.8) is 0 Å². The van der Waals surface area contributed by atoms with E-state index in [2.05, 4.69) is 18.7 Å². The first kappa shape index (κ1) is 14.8. The van der Waals surface area contributed by atoms with E-state index in [-0.39, 0.29) is 5.92 Å². The molecule has 1 aliphatic heterocycles. The summed E-state index contributed by atoms with van der Waals surface area (Å²) in [5, 5.41) is 19.7. The number of likely N-dealkylation sites (tertiary alicyclic amines) is 1. The Morgan fingerprint density at radius 3 is 2.47 bits per heavy atom. The number of aliphatic carboxylic acids is 1. The third kappa shape index (κ3) is 3.48. The molecule has 4 heteroatoms. The van der Waals surface area contributed by atoms with Crippen molar-refractivity contribution in [1.29, 1.82) is 0 Å². The van der Waals surface area contributed by atoms with Gasteiger partial charge in [-0.25, -0.2) is 0 Å². The van der Waals surface area contributed by atoms with Crippen LogP contribution < -0.4 is 0 Å². The number of nitrogens with zero attached hydrogens (tertiary/aromatic N) is 1. The molecule has 19 heavy (non-hydrogen) atoms. The number of piperidine rings is 1. The van der Waals surface area contributed by atoms with Crippen LogP contribution in [0.5, 0.6) is 0 Å². The lowest BCUT2D eigenvalue weighted by atomic mass is 9.78. The molecule has 2 N–H and O–H groups in total. The normalized spacial score (nSPS) is 41.1. The third-order valence-corrected chi connectivity index (χ3v) is 5.27. The highest BCUT2D eigenvalue weighted by Crippen LogP contribution is 2.34. The molecule has 4 nitrogen and oxygen atoms in total. The number of carbonyl (C=O) groups is 1. The molecule has 0 bridgehead atoms. The lowest BCUT2D eigenvalue weighted by Gasteiger charge is -2.44. The monoisotopic (exact) mass is 269 g/mol. The van der Waals surface area contributed by atoms with E-state index in [1.54, 1.807) is 0 Å². The Labute approximate surface area is 115 Å². The average molecular weight is 269 g/mol. The third-order valence-electron chi connectivity index (χ3n) is 5.27. The van der Waals surface area contributed by atoms with E-state index >= 15 is 0 Å². The highest BCUT2D eigenvalue weighted by molar-refractivity contribution is 5.70. The van der Waals surface area contributed by atoms with E-state index < -0.39 is 11.6 Å². The van der Waals surface area contributed by atoms with Crippen molar-refractivity contribution in [1.82, 2.24) is 4.90 Å². The molecule has 0 spiro atoms. The van der Waals surface area contributed by atoms with Gasteiger partial charge in [0.2, 0.25) is 0 Å². The highest BCUT2D eigenvalue weighted by Gasteiger charge is 2.38. The molecule has 0 aromatic heterocycles. The smallest absolute Gasteiger partial charge is 0.306 e. The first-order valence-electron chi connectivity index (χ1n) is 7.60. The number of carboxylic acids is 1. The zero-order chi connectivity index (χ0) is 14.0. The Kier molecular flexibility index (Phi) is 4.51. The minimum atomic E-state index is -0.706. The van der Waals surface area contributed by atoms with Gasteiger partial charge >= 0.3 is 5.97 Å². The van der Waals surface area contributed by atoms with Crippen LogP contribution in [0.15, 0.2) is 0 Å². The van der Waals surface area contributed by atoms with Crippen molar-refractivity contribution in [2.24, 2.45) is 11.8 Å². The molecule has 2 unspecified atom stereocenters. The number of hydrogen-bond donors (Lipinski definition) is 2. The van der Waals surface area contributed by atoms with Gasteiger partial charge < -0.3 is 10.2 Å². The molecule has 0 aromatic carbocycles. The van der Waals surface area contributed by atoms with Gasteiger partial charge in [-0.2, -0.15) is 0 Å². The molecule has 2 fully saturated rings. The van der Waals surface area contributed by atoms with Gasteiger partial charge in [0, 0.05) is 12.6 Å². The minimum Gasteiger partial charge on any atom is -0.481 e. The summed E-state index contributed by atoms with van der Waals surface area (Å²) in [6, 6.07) is 0.523. The fraction of sp³-hybridized carbons (Fsp3) is 0.933. The van der Waals surface area contributed by atoms with Crippen LogP contribution in [0.25, 0.3) is 0 Å². The van der Waals surface area contributed by atoms with Crippen LogP contribution in [0.1, 0.15) is 52.4 Å². The fourth-order valence-corrected chi connectivity index (χ4v) is 3.58. The average Bonchev–Trinajstić information content (AvgIpc) is 2.35. The van der Waals surface area contributed by atoms with E-state index in [0.29, 0.717) is 44.2 Å². The largest absolute Gasteiger partial charge is 0.481 e. The summed E-state index contributed by atoms with van der Waals surface area (Å²) in [7, 11) is 0. The number of rotatable bonds is 3. The molecule has 0 radical (unpaired) electrons. The second-order valence-electron chi connectivity index (χ2n) is 6.67. The summed E-state index contributed by atoms with van der Waals surface area (Å²) >= 11 is 0. The quantitative estimate of drug-likeness (QED) is 0.824. The van der Waals surface area contributed by atoms with Crippen LogP contribution in [0, 0.1) is 11.8 Å². The number of hydrogen-bond acceptors (Lipinski definition) is 3. The zero-order valence-electron chi connectivity index (χ0n) is 12.1. The van der Waals surface area contributed by atoms with E-state index in [1.165, 1.54) is 12.8 Å². The predicted octanol–water partition coefficient (Wildman–Crippen LogP) is 2.11. The maximum atomic E-state index is 11.0. The van der Waals surface area contributed by atoms with Gasteiger partial charge in [-0.1, -0.05) is 6.92 Å². The summed E-state index contributed by atoms with van der Waals surface area (Å²) in [5.74, 6) is -0.271. The van der Waals surface area contributed by atoms with Crippen molar-refractivity contribution in [2.75, 3.05) is 13.1 Å². The number of carboxylic acid groups (broad SMARTS) is 1. The van der Waals surface area contributed by atoms with Crippen LogP contribution in [0.3, 0.4) is 0 Å². The molecule has 1 saturated carbocycles. The summed E-state index contributed by atoms with van der Waals surface area (Å²) < 4.78 is 0. The number of aliphatic hydroxyl groups is 1. The Hall–Kier alpha value is -0.610. The summed E-state index contributed by atoms with van der Waals surface area (Å²) in [6.07, 6.45) is 4.97. The molecule has 110 valence electrons. The van der Waals surface area contributed by atoms with Crippen molar-refractivity contribution < 1.29 is 15.0 Å². The van der Waals surface area contributed by atoms with Crippen LogP contribution in [-0.4, -0.2) is 45.8 Å². The Balaban J connectivity index is 1.90. The number of β-amino-alcohol motifs (C(OH)–C–C–N with tert-alkyl or cyclic N) is 1. The van der Waals surface area contributed by atoms with Crippen molar-refractivity contribution in [2.45, 2.75) is 64.0 Å². The topological polar surface area (TPSA) is 60.8 Å². The Bertz CT molecular complexity index is 323. The van der Waals surface area contributed by atoms with Gasteiger partial charge in [-0.05, 0) is 57.9 Å². The predicted molar refractivity (Wildman–Crippen MR) is 74.0 cm³/mol. The van der Waals surface area contributed by atoms with Gasteiger partial charge in [0.05, 0.1) is 11.5 Å². The van der Waals surface area contributed by atoms with Crippen molar-refractivity contribution in [3.8, 4) is 0 Å². The van der Waals surface area contributed by atoms with Gasteiger partial charge in [0.1, 0.15) is 0 Å². The fourth-order valence-electron chi connectivity index (χ4n) is 3.58. The Morgan fingerprint density at radius 1 is 1.26 bits per heavy atom. The Morgan fingerprint density at radius 2 is 1.89 bits per heavy atom. The van der Waals surface area contributed by atoms with Crippen molar-refractivity contribution >= 4 is 5.97 Å². The highest BCUT2D eigenvalue weighted by atomic mass is 16.4. The van der Waals surface area contributed by atoms with E-state index in [9.17, 15) is 9.90 Å². The van der Waals surface area contributed by atoms with Gasteiger partial charge in [-0.15, -0.1) is 0 Å². The van der Waals surface area contributed by atoms with Crippen LogP contribution in [0.2, 0.25) is 0 Å². The second-order valence-corrected chi connectivity index (χ2v) is 6.67. The lowest BCUT2D eigenvalue weighted by Crippen LogP contribution is -2.52. The lowest BCUT2D eigenvalue weighted by molar-refractivity contribution is -0.145. The van der Waals surface area contributed by atoms with Crippen molar-refractivity contribution in [3.05, 3.63) is 0 Å². The summed E-state index contributed by atoms with van der Waals surface area (Å²) in [4.78, 5) is 13.4. The minimum absolute atomic E-state index is 0.252. The maximum absolute atomic E-state index is 11.0. The molecule has 2 aliphatic rings.